The number of rotatable bonds is 6. The maximum atomic E-state index is 11.1. The Morgan fingerprint density at radius 3 is 2.62 bits per heavy atom. The number of carbonyl (C=O) groups is 1. The molecule has 0 unspecified atom stereocenters. The van der Waals surface area contributed by atoms with E-state index in [0.29, 0.717) is 18.2 Å². The van der Waals surface area contributed by atoms with Gasteiger partial charge in [-0.25, -0.2) is 0 Å². The molecule has 0 aromatic carbocycles. The van der Waals surface area contributed by atoms with Crippen LogP contribution in [0.5, 0.6) is 0 Å². The van der Waals surface area contributed by atoms with Crippen LogP contribution in [0.3, 0.4) is 0 Å². The molecule has 0 radical (unpaired) electrons. The van der Waals surface area contributed by atoms with Crippen molar-refractivity contribution in [2.24, 2.45) is 5.41 Å². The van der Waals surface area contributed by atoms with Crippen LogP contribution in [0.4, 0.5) is 0 Å². The van der Waals surface area contributed by atoms with E-state index >= 15 is 0 Å². The summed E-state index contributed by atoms with van der Waals surface area (Å²) in [6.45, 7) is 4.92. The fraction of sp³-hybridized carbons (Fsp3) is 0.889. The third-order valence-corrected chi connectivity index (χ3v) is 2.55. The maximum Gasteiger partial charge on any atom is 0.230 e. The first-order valence-corrected chi connectivity index (χ1v) is 6.26. The summed E-state index contributed by atoms with van der Waals surface area (Å²) in [7, 11) is 0. The highest BCUT2D eigenvalue weighted by molar-refractivity contribution is 7.99. The molecule has 0 saturated carbocycles. The fourth-order valence-electron chi connectivity index (χ4n) is 0.864. The fourth-order valence-corrected chi connectivity index (χ4v) is 1.74. The third kappa shape index (κ3) is 7.20. The van der Waals surface area contributed by atoms with E-state index in [4.69, 9.17) is 11.6 Å². The summed E-state index contributed by atoms with van der Waals surface area (Å²) in [5, 5.41) is 2.89. The second-order valence-electron chi connectivity index (χ2n) is 3.81. The van der Waals surface area contributed by atoms with Crippen molar-refractivity contribution in [3.05, 3.63) is 0 Å². The molecule has 1 N–H and O–H groups in total. The normalized spacial score (nSPS) is 11.4. The van der Waals surface area contributed by atoms with Crippen molar-refractivity contribution in [1.29, 1.82) is 0 Å². The van der Waals surface area contributed by atoms with Gasteiger partial charge in [0.2, 0.25) is 5.91 Å². The number of hydrogen-bond donors (Lipinski definition) is 1. The molecule has 0 aromatic heterocycles. The molecule has 0 aliphatic heterocycles. The van der Waals surface area contributed by atoms with Crippen molar-refractivity contribution >= 4 is 29.3 Å². The average Bonchev–Trinajstić information content (AvgIpc) is 2.02. The number of carbonyl (C=O) groups excluding carboxylic acids is 1. The molecule has 1 amide bonds. The molecule has 0 saturated heterocycles. The largest absolute Gasteiger partial charge is 0.355 e. The summed E-state index contributed by atoms with van der Waals surface area (Å²) >= 11 is 7.18. The van der Waals surface area contributed by atoms with E-state index in [1.165, 1.54) is 11.8 Å². The highest BCUT2D eigenvalue weighted by Gasteiger charge is 2.17. The molecule has 13 heavy (non-hydrogen) atoms. The van der Waals surface area contributed by atoms with Crippen LogP contribution in [-0.4, -0.2) is 30.3 Å². The van der Waals surface area contributed by atoms with Crippen molar-refractivity contribution < 1.29 is 4.79 Å². The van der Waals surface area contributed by atoms with Crippen molar-refractivity contribution in [1.82, 2.24) is 5.32 Å². The van der Waals surface area contributed by atoms with E-state index in [2.05, 4.69) is 19.2 Å². The Morgan fingerprint density at radius 1 is 1.54 bits per heavy atom. The Balaban J connectivity index is 3.67. The van der Waals surface area contributed by atoms with Gasteiger partial charge in [-0.05, 0) is 18.1 Å². The monoisotopic (exact) mass is 223 g/mol. The van der Waals surface area contributed by atoms with Crippen LogP contribution in [0.2, 0.25) is 0 Å². The second kappa shape index (κ2) is 6.55. The van der Waals surface area contributed by atoms with Gasteiger partial charge in [-0.2, -0.15) is 11.8 Å². The van der Waals surface area contributed by atoms with Crippen LogP contribution in [0.15, 0.2) is 0 Å². The molecule has 78 valence electrons. The molecule has 0 rings (SSSR count). The van der Waals surface area contributed by atoms with Crippen molar-refractivity contribution in [2.75, 3.05) is 24.4 Å². The molecule has 0 heterocycles. The lowest BCUT2D eigenvalue weighted by Gasteiger charge is -2.23. The van der Waals surface area contributed by atoms with E-state index in [-0.39, 0.29) is 11.3 Å². The second-order valence-corrected chi connectivity index (χ2v) is 5.06. The van der Waals surface area contributed by atoms with Gasteiger partial charge in [0, 0.05) is 12.4 Å². The summed E-state index contributed by atoms with van der Waals surface area (Å²) in [4.78, 5) is 11.1. The topological polar surface area (TPSA) is 29.1 Å². The molecule has 0 aliphatic carbocycles. The van der Waals surface area contributed by atoms with Crippen LogP contribution >= 0.6 is 23.4 Å². The maximum absolute atomic E-state index is 11.1. The number of hydrogen-bond acceptors (Lipinski definition) is 2. The smallest absolute Gasteiger partial charge is 0.230 e. The summed E-state index contributed by atoms with van der Waals surface area (Å²) in [6.07, 6.45) is 2.84. The molecule has 0 aliphatic rings. The van der Waals surface area contributed by atoms with Gasteiger partial charge in [-0.3, -0.25) is 4.79 Å². The lowest BCUT2D eigenvalue weighted by atomic mass is 9.90. The first-order chi connectivity index (χ1) is 6.02. The van der Waals surface area contributed by atoms with Gasteiger partial charge in [0.25, 0.3) is 0 Å². The van der Waals surface area contributed by atoms with Crippen molar-refractivity contribution in [3.63, 3.8) is 0 Å². The molecule has 2 nitrogen and oxygen atoms in total. The Kier molecular flexibility index (Phi) is 6.60. The molecule has 4 heteroatoms. The highest BCUT2D eigenvalue weighted by atomic mass is 35.5. The first kappa shape index (κ1) is 13.1. The Labute approximate surface area is 89.8 Å². The molecule has 0 aromatic rings. The zero-order valence-corrected chi connectivity index (χ0v) is 10.1. The van der Waals surface area contributed by atoms with Gasteiger partial charge < -0.3 is 5.32 Å². The van der Waals surface area contributed by atoms with E-state index in [9.17, 15) is 4.79 Å². The molecular weight excluding hydrogens is 206 g/mol. The summed E-state index contributed by atoms with van der Waals surface area (Å²) in [5.74, 6) is 1.29. The van der Waals surface area contributed by atoms with Crippen molar-refractivity contribution in [3.8, 4) is 0 Å². The SMILES string of the molecule is CSCC(=O)NCC(C)(C)CCCl. The van der Waals surface area contributed by atoms with E-state index in [1.54, 1.807) is 0 Å². The minimum absolute atomic E-state index is 0.107. The predicted molar refractivity (Wildman–Crippen MR) is 60.5 cm³/mol. The van der Waals surface area contributed by atoms with Crippen molar-refractivity contribution in [2.45, 2.75) is 20.3 Å². The third-order valence-electron chi connectivity index (χ3n) is 1.81. The first-order valence-electron chi connectivity index (χ1n) is 4.33. The van der Waals surface area contributed by atoms with E-state index in [0.717, 1.165) is 6.42 Å². The van der Waals surface area contributed by atoms with Crippen LogP contribution < -0.4 is 5.32 Å². The standard InChI is InChI=1S/C9H18ClNOS/c1-9(2,4-5-10)7-11-8(12)6-13-3/h4-7H2,1-3H3,(H,11,12). The number of amides is 1. The highest BCUT2D eigenvalue weighted by Crippen LogP contribution is 2.19. The number of halogens is 1. The van der Waals surface area contributed by atoms with Gasteiger partial charge in [0.05, 0.1) is 5.75 Å². The lowest BCUT2D eigenvalue weighted by molar-refractivity contribution is -0.119. The molecule has 0 fully saturated rings. The van der Waals surface area contributed by atoms with Gasteiger partial charge >= 0.3 is 0 Å². The summed E-state index contributed by atoms with van der Waals surface area (Å²) in [5.41, 5.74) is 0.107. The van der Waals surface area contributed by atoms with E-state index < -0.39 is 0 Å². The molecule has 0 spiro atoms. The van der Waals surface area contributed by atoms with Gasteiger partial charge in [-0.1, -0.05) is 13.8 Å². The number of thioether (sulfide) groups is 1. The Hall–Kier alpha value is 0.110. The van der Waals surface area contributed by atoms with Crippen LogP contribution in [0.1, 0.15) is 20.3 Å². The van der Waals surface area contributed by atoms with Gasteiger partial charge in [0.1, 0.15) is 0 Å². The minimum Gasteiger partial charge on any atom is -0.355 e. The van der Waals surface area contributed by atoms with Gasteiger partial charge in [0.15, 0.2) is 0 Å². The summed E-state index contributed by atoms with van der Waals surface area (Å²) < 4.78 is 0. The van der Waals surface area contributed by atoms with Crippen LogP contribution in [0, 0.1) is 5.41 Å². The van der Waals surface area contributed by atoms with Crippen LogP contribution in [0.25, 0.3) is 0 Å². The van der Waals surface area contributed by atoms with Gasteiger partial charge in [-0.15, -0.1) is 11.6 Å². The quantitative estimate of drug-likeness (QED) is 0.699. The Morgan fingerprint density at radius 2 is 2.15 bits per heavy atom. The van der Waals surface area contributed by atoms with Crippen LogP contribution in [-0.2, 0) is 4.79 Å². The summed E-state index contributed by atoms with van der Waals surface area (Å²) in [6, 6.07) is 0. The molecule has 0 atom stereocenters. The molecular formula is C9H18ClNOS. The zero-order chi connectivity index (χ0) is 10.3. The number of alkyl halides is 1. The Bertz CT molecular complexity index is 162. The molecule has 0 bridgehead atoms. The lowest BCUT2D eigenvalue weighted by Crippen LogP contribution is -2.35. The van der Waals surface area contributed by atoms with E-state index in [1.807, 2.05) is 6.26 Å². The predicted octanol–water partition coefficient (Wildman–Crippen LogP) is 2.12. The zero-order valence-electron chi connectivity index (χ0n) is 8.52. The minimum atomic E-state index is 0.107. The average molecular weight is 224 g/mol. The number of nitrogens with one attached hydrogen (secondary N) is 1.